The zero-order chi connectivity index (χ0) is 9.60. The minimum absolute atomic E-state index is 0.0514. The summed E-state index contributed by atoms with van der Waals surface area (Å²) < 4.78 is 0. The number of hydrogen-bond donors (Lipinski definition) is 2. The van der Waals surface area contributed by atoms with Crippen LogP contribution in [0.25, 0.3) is 0 Å². The number of aliphatic hydroxyl groups excluding tert-OH is 1. The van der Waals surface area contributed by atoms with Gasteiger partial charge in [-0.25, -0.2) is 0 Å². The molecule has 0 bridgehead atoms. The molecule has 1 saturated heterocycles. The van der Waals surface area contributed by atoms with Gasteiger partial charge in [0.05, 0.1) is 12.3 Å². The molecule has 0 aromatic carbocycles. The van der Waals surface area contributed by atoms with Crippen LogP contribution in [0.4, 0.5) is 0 Å². The van der Waals surface area contributed by atoms with Gasteiger partial charge in [0.1, 0.15) is 0 Å². The molecular formula is C11H18N2O. The lowest BCUT2D eigenvalue weighted by Gasteiger charge is -2.39. The average Bonchev–Trinajstić information content (AvgIpc) is 2.75. The van der Waals surface area contributed by atoms with Gasteiger partial charge in [-0.3, -0.25) is 5.32 Å². The van der Waals surface area contributed by atoms with Crippen molar-refractivity contribution in [2.45, 2.75) is 38.0 Å². The number of hydrogen-bond acceptors (Lipinski definition) is 3. The molecule has 1 saturated carbocycles. The molecule has 3 rings (SSSR count). The maximum atomic E-state index is 9.54. The van der Waals surface area contributed by atoms with Gasteiger partial charge in [0.2, 0.25) is 0 Å². The van der Waals surface area contributed by atoms with Gasteiger partial charge in [-0.05, 0) is 31.9 Å². The fourth-order valence-electron chi connectivity index (χ4n) is 3.19. The Labute approximate surface area is 84.8 Å². The molecule has 1 spiro atoms. The number of nitrogens with one attached hydrogen (secondary N) is 1. The summed E-state index contributed by atoms with van der Waals surface area (Å²) in [5, 5.41) is 13.1. The SMILES string of the molecule is OC1CCC2(C=CN3CCNC32)CC1. The van der Waals surface area contributed by atoms with E-state index in [-0.39, 0.29) is 6.10 Å². The van der Waals surface area contributed by atoms with Crippen LogP contribution >= 0.6 is 0 Å². The fourth-order valence-corrected chi connectivity index (χ4v) is 3.19. The van der Waals surface area contributed by atoms with E-state index in [2.05, 4.69) is 22.5 Å². The highest BCUT2D eigenvalue weighted by atomic mass is 16.3. The molecule has 2 heterocycles. The quantitative estimate of drug-likeness (QED) is 0.595. The normalized spacial score (nSPS) is 46.2. The van der Waals surface area contributed by atoms with E-state index in [0.717, 1.165) is 38.8 Å². The van der Waals surface area contributed by atoms with Crippen molar-refractivity contribution in [3.8, 4) is 0 Å². The van der Waals surface area contributed by atoms with Crippen LogP contribution < -0.4 is 5.32 Å². The lowest BCUT2D eigenvalue weighted by atomic mass is 9.72. The van der Waals surface area contributed by atoms with Crippen molar-refractivity contribution < 1.29 is 5.11 Å². The van der Waals surface area contributed by atoms with Gasteiger partial charge in [0.15, 0.2) is 0 Å². The third-order valence-corrected chi connectivity index (χ3v) is 4.07. The second-order valence-electron chi connectivity index (χ2n) is 4.87. The molecule has 3 nitrogen and oxygen atoms in total. The first-order valence-corrected chi connectivity index (χ1v) is 5.67. The molecule has 1 aliphatic carbocycles. The van der Waals surface area contributed by atoms with Gasteiger partial charge in [0.25, 0.3) is 0 Å². The van der Waals surface area contributed by atoms with Crippen LogP contribution in [0.15, 0.2) is 12.3 Å². The van der Waals surface area contributed by atoms with Crippen LogP contribution in [0.1, 0.15) is 25.7 Å². The summed E-state index contributed by atoms with van der Waals surface area (Å²) in [7, 11) is 0. The molecule has 2 fully saturated rings. The molecule has 1 unspecified atom stereocenters. The van der Waals surface area contributed by atoms with Crippen LogP contribution in [0, 0.1) is 5.41 Å². The average molecular weight is 194 g/mol. The molecule has 3 aliphatic rings. The highest BCUT2D eigenvalue weighted by Crippen LogP contribution is 2.46. The second kappa shape index (κ2) is 2.97. The van der Waals surface area contributed by atoms with E-state index in [1.165, 1.54) is 0 Å². The summed E-state index contributed by atoms with van der Waals surface area (Å²) >= 11 is 0. The van der Waals surface area contributed by atoms with Crippen molar-refractivity contribution in [2.24, 2.45) is 5.41 Å². The van der Waals surface area contributed by atoms with Crippen molar-refractivity contribution in [1.82, 2.24) is 10.2 Å². The molecule has 0 amide bonds. The Hall–Kier alpha value is -0.540. The van der Waals surface area contributed by atoms with Crippen molar-refractivity contribution >= 4 is 0 Å². The lowest BCUT2D eigenvalue weighted by Crippen LogP contribution is -2.46. The van der Waals surface area contributed by atoms with Gasteiger partial charge in [0, 0.05) is 18.5 Å². The second-order valence-corrected chi connectivity index (χ2v) is 4.87. The van der Waals surface area contributed by atoms with Crippen LogP contribution in [-0.4, -0.2) is 35.4 Å². The summed E-state index contributed by atoms with van der Waals surface area (Å²) in [5.74, 6) is 0. The first-order chi connectivity index (χ1) is 6.80. The zero-order valence-electron chi connectivity index (χ0n) is 8.45. The molecule has 3 heteroatoms. The Morgan fingerprint density at radius 1 is 1.36 bits per heavy atom. The molecule has 2 aliphatic heterocycles. The minimum Gasteiger partial charge on any atom is -0.393 e. The van der Waals surface area contributed by atoms with E-state index in [4.69, 9.17) is 0 Å². The van der Waals surface area contributed by atoms with Crippen molar-refractivity contribution in [3.63, 3.8) is 0 Å². The fraction of sp³-hybridized carbons (Fsp3) is 0.818. The molecule has 78 valence electrons. The van der Waals surface area contributed by atoms with Crippen molar-refractivity contribution in [1.29, 1.82) is 0 Å². The molecule has 0 aromatic rings. The highest BCUT2D eigenvalue weighted by Gasteiger charge is 2.46. The summed E-state index contributed by atoms with van der Waals surface area (Å²) in [5.41, 5.74) is 0.329. The third-order valence-electron chi connectivity index (χ3n) is 4.07. The smallest absolute Gasteiger partial charge is 0.0884 e. The van der Waals surface area contributed by atoms with Crippen LogP contribution in [0.5, 0.6) is 0 Å². The van der Waals surface area contributed by atoms with E-state index >= 15 is 0 Å². The van der Waals surface area contributed by atoms with Crippen molar-refractivity contribution in [3.05, 3.63) is 12.3 Å². The standard InChI is InChI=1S/C11H18N2O/c14-9-1-3-11(4-2-9)5-7-13-8-6-12-10(11)13/h5,7,9-10,12,14H,1-4,6,8H2. The molecular weight excluding hydrogens is 176 g/mol. The summed E-state index contributed by atoms with van der Waals surface area (Å²) in [4.78, 5) is 2.41. The predicted octanol–water partition coefficient (Wildman–Crippen LogP) is 0.666. The van der Waals surface area contributed by atoms with Gasteiger partial charge in [-0.2, -0.15) is 0 Å². The Morgan fingerprint density at radius 2 is 2.14 bits per heavy atom. The summed E-state index contributed by atoms with van der Waals surface area (Å²) in [6.45, 7) is 2.25. The molecule has 1 atom stereocenters. The maximum Gasteiger partial charge on any atom is 0.0884 e. The minimum atomic E-state index is -0.0514. The Morgan fingerprint density at radius 3 is 2.93 bits per heavy atom. The van der Waals surface area contributed by atoms with E-state index < -0.39 is 0 Å². The van der Waals surface area contributed by atoms with Crippen LogP contribution in [0.2, 0.25) is 0 Å². The third kappa shape index (κ3) is 1.12. The Balaban J connectivity index is 1.80. The zero-order valence-corrected chi connectivity index (χ0v) is 8.45. The number of aliphatic hydroxyl groups is 1. The highest BCUT2D eigenvalue weighted by molar-refractivity contribution is 5.16. The number of rotatable bonds is 0. The molecule has 0 radical (unpaired) electrons. The van der Waals surface area contributed by atoms with Crippen LogP contribution in [0.3, 0.4) is 0 Å². The van der Waals surface area contributed by atoms with E-state index in [9.17, 15) is 5.11 Å². The lowest BCUT2D eigenvalue weighted by molar-refractivity contribution is 0.0551. The molecule has 2 N–H and O–H groups in total. The Kier molecular flexibility index (Phi) is 1.86. The van der Waals surface area contributed by atoms with Gasteiger partial charge in [-0.1, -0.05) is 6.08 Å². The van der Waals surface area contributed by atoms with E-state index in [1.54, 1.807) is 0 Å². The number of nitrogens with zero attached hydrogens (tertiary/aromatic N) is 1. The first kappa shape index (κ1) is 8.74. The largest absolute Gasteiger partial charge is 0.393 e. The molecule has 0 aromatic heterocycles. The monoisotopic (exact) mass is 194 g/mol. The first-order valence-electron chi connectivity index (χ1n) is 5.67. The van der Waals surface area contributed by atoms with E-state index in [0.29, 0.717) is 11.6 Å². The van der Waals surface area contributed by atoms with Crippen molar-refractivity contribution in [2.75, 3.05) is 13.1 Å². The topological polar surface area (TPSA) is 35.5 Å². The summed E-state index contributed by atoms with van der Waals surface area (Å²) in [6.07, 6.45) is 9.31. The van der Waals surface area contributed by atoms with Gasteiger partial charge in [-0.15, -0.1) is 0 Å². The summed E-state index contributed by atoms with van der Waals surface area (Å²) in [6, 6.07) is 0. The van der Waals surface area contributed by atoms with Gasteiger partial charge >= 0.3 is 0 Å². The number of fused-ring (bicyclic) bond motifs is 2. The van der Waals surface area contributed by atoms with Gasteiger partial charge < -0.3 is 10.0 Å². The Bertz CT molecular complexity index is 256. The molecule has 14 heavy (non-hydrogen) atoms. The predicted molar refractivity (Wildman–Crippen MR) is 54.5 cm³/mol. The van der Waals surface area contributed by atoms with Crippen LogP contribution in [-0.2, 0) is 0 Å². The van der Waals surface area contributed by atoms with E-state index in [1.807, 2.05) is 0 Å². The maximum absolute atomic E-state index is 9.54.